The lowest BCUT2D eigenvalue weighted by molar-refractivity contribution is -0.157. The monoisotopic (exact) mass is 246 g/mol. The lowest BCUT2D eigenvalue weighted by Crippen LogP contribution is -2.29. The molecule has 2 atom stereocenters. The molecule has 0 fully saturated rings. The summed E-state index contributed by atoms with van der Waals surface area (Å²) in [5, 5.41) is 0. The number of carbonyl (C=O) groups excluding carboxylic acids is 1. The summed E-state index contributed by atoms with van der Waals surface area (Å²) in [5.41, 5.74) is -0.460. The Labute approximate surface area is 105 Å². The highest BCUT2D eigenvalue weighted by atomic mass is 16.6. The predicted octanol–water partition coefficient (Wildman–Crippen LogP) is 2.41. The van der Waals surface area contributed by atoms with Gasteiger partial charge in [-0.3, -0.25) is 4.79 Å². The highest BCUT2D eigenvalue weighted by Gasteiger charge is 2.23. The van der Waals surface area contributed by atoms with Crippen LogP contribution in [0.4, 0.5) is 0 Å². The minimum atomic E-state index is -0.460. The molecule has 0 rings (SSSR count). The molecule has 0 saturated heterocycles. The number of hydrogen-bond donors (Lipinski definition) is 0. The summed E-state index contributed by atoms with van der Waals surface area (Å²) >= 11 is 0. The first-order chi connectivity index (χ1) is 7.77. The molecular weight excluding hydrogens is 220 g/mol. The van der Waals surface area contributed by atoms with Crippen molar-refractivity contribution >= 4 is 5.97 Å². The average Bonchev–Trinajstić information content (AvgIpc) is 2.22. The first-order valence-corrected chi connectivity index (χ1v) is 6.17. The largest absolute Gasteiger partial charge is 0.463 e. The van der Waals surface area contributed by atoms with Crippen LogP contribution >= 0.6 is 0 Å². The molecule has 0 aromatic rings. The molecule has 2 unspecified atom stereocenters. The second-order valence-electron chi connectivity index (χ2n) is 5.26. The molecule has 0 amide bonds. The fraction of sp³-hybridized carbons (Fsp3) is 0.923. The molecule has 4 nitrogen and oxygen atoms in total. The van der Waals surface area contributed by atoms with Crippen LogP contribution in [0, 0.1) is 5.41 Å². The van der Waals surface area contributed by atoms with Gasteiger partial charge in [-0.25, -0.2) is 0 Å². The first kappa shape index (κ1) is 16.4. The highest BCUT2D eigenvalue weighted by molar-refractivity contribution is 5.75. The van der Waals surface area contributed by atoms with Crippen LogP contribution in [0.15, 0.2) is 0 Å². The molecule has 0 saturated carbocycles. The number of esters is 1. The summed E-state index contributed by atoms with van der Waals surface area (Å²) in [5.74, 6) is -0.203. The van der Waals surface area contributed by atoms with Crippen LogP contribution in [0.25, 0.3) is 0 Å². The molecule has 0 aliphatic heterocycles. The molecule has 0 aliphatic carbocycles. The van der Waals surface area contributed by atoms with Gasteiger partial charge in [-0.2, -0.15) is 0 Å². The summed E-state index contributed by atoms with van der Waals surface area (Å²) in [6, 6.07) is 0. The summed E-state index contributed by atoms with van der Waals surface area (Å²) in [6.45, 7) is 12.8. The van der Waals surface area contributed by atoms with Crippen LogP contribution in [-0.4, -0.2) is 38.0 Å². The van der Waals surface area contributed by atoms with Crippen molar-refractivity contribution < 1.29 is 19.0 Å². The second kappa shape index (κ2) is 7.67. The van der Waals surface area contributed by atoms with E-state index in [0.717, 1.165) is 0 Å². The lowest BCUT2D eigenvalue weighted by Gasteiger charge is -2.20. The Kier molecular flexibility index (Phi) is 7.39. The van der Waals surface area contributed by atoms with Gasteiger partial charge in [-0.1, -0.05) is 0 Å². The average molecular weight is 246 g/mol. The minimum absolute atomic E-state index is 0.0702. The van der Waals surface area contributed by atoms with Gasteiger partial charge in [0.25, 0.3) is 0 Å². The zero-order valence-electron chi connectivity index (χ0n) is 11.9. The minimum Gasteiger partial charge on any atom is -0.463 e. The first-order valence-electron chi connectivity index (χ1n) is 6.17. The van der Waals surface area contributed by atoms with Crippen molar-refractivity contribution in [1.82, 2.24) is 0 Å². The van der Waals surface area contributed by atoms with Crippen molar-refractivity contribution in [1.29, 1.82) is 0 Å². The van der Waals surface area contributed by atoms with Crippen LogP contribution in [0.1, 0.15) is 41.5 Å². The molecule has 0 radical (unpaired) electrons. The summed E-state index contributed by atoms with van der Waals surface area (Å²) in [6.07, 6.45) is -0.0371. The predicted molar refractivity (Wildman–Crippen MR) is 66.9 cm³/mol. The number of ether oxygens (including phenoxy) is 3. The molecule has 0 aliphatic rings. The number of carbonyl (C=O) groups is 1. The maximum atomic E-state index is 11.5. The Morgan fingerprint density at radius 3 is 2.06 bits per heavy atom. The summed E-state index contributed by atoms with van der Waals surface area (Å²) in [4.78, 5) is 11.5. The normalized spacial score (nSPS) is 15.4. The van der Waals surface area contributed by atoms with Gasteiger partial charge in [0.2, 0.25) is 0 Å². The van der Waals surface area contributed by atoms with E-state index >= 15 is 0 Å². The molecule has 0 aromatic heterocycles. The standard InChI is InChI=1S/C13H26O4/c1-7-15-10(2)8-16-11(3)9-17-12(14)13(4,5)6/h10-11H,7-9H2,1-6H3. The van der Waals surface area contributed by atoms with E-state index in [0.29, 0.717) is 13.2 Å². The molecule has 0 bridgehead atoms. The molecule has 0 heterocycles. The van der Waals surface area contributed by atoms with Crippen LogP contribution in [0.5, 0.6) is 0 Å². The Morgan fingerprint density at radius 2 is 1.59 bits per heavy atom. The van der Waals surface area contributed by atoms with E-state index in [2.05, 4.69) is 0 Å². The Morgan fingerprint density at radius 1 is 1.06 bits per heavy atom. The third-order valence-electron chi connectivity index (χ3n) is 2.13. The summed E-state index contributed by atoms with van der Waals surface area (Å²) < 4.78 is 16.0. The van der Waals surface area contributed by atoms with Crippen molar-refractivity contribution in [3.63, 3.8) is 0 Å². The van der Waals surface area contributed by atoms with Gasteiger partial charge in [0.15, 0.2) is 0 Å². The van der Waals surface area contributed by atoms with E-state index in [4.69, 9.17) is 14.2 Å². The van der Waals surface area contributed by atoms with Crippen LogP contribution in [-0.2, 0) is 19.0 Å². The smallest absolute Gasteiger partial charge is 0.311 e. The zero-order valence-corrected chi connectivity index (χ0v) is 11.9. The maximum Gasteiger partial charge on any atom is 0.311 e. The Hall–Kier alpha value is -0.610. The van der Waals surface area contributed by atoms with Gasteiger partial charge in [0.1, 0.15) is 6.61 Å². The second-order valence-corrected chi connectivity index (χ2v) is 5.26. The molecule has 0 spiro atoms. The summed E-state index contributed by atoms with van der Waals surface area (Å²) in [7, 11) is 0. The topological polar surface area (TPSA) is 44.8 Å². The third-order valence-corrected chi connectivity index (χ3v) is 2.13. The maximum absolute atomic E-state index is 11.5. The van der Waals surface area contributed by atoms with Crippen LogP contribution in [0.2, 0.25) is 0 Å². The molecule has 102 valence electrons. The van der Waals surface area contributed by atoms with Gasteiger partial charge in [-0.05, 0) is 41.5 Å². The van der Waals surface area contributed by atoms with Crippen molar-refractivity contribution in [2.75, 3.05) is 19.8 Å². The van der Waals surface area contributed by atoms with E-state index in [1.807, 2.05) is 41.5 Å². The van der Waals surface area contributed by atoms with E-state index < -0.39 is 5.41 Å². The molecule has 17 heavy (non-hydrogen) atoms. The van der Waals surface area contributed by atoms with Gasteiger partial charge >= 0.3 is 5.97 Å². The van der Waals surface area contributed by atoms with E-state index in [9.17, 15) is 4.79 Å². The van der Waals surface area contributed by atoms with Crippen molar-refractivity contribution in [2.45, 2.75) is 53.8 Å². The molecule has 0 aromatic carbocycles. The molecule has 4 heteroatoms. The fourth-order valence-electron chi connectivity index (χ4n) is 1.09. The Balaban J connectivity index is 3.73. The van der Waals surface area contributed by atoms with Crippen molar-refractivity contribution in [2.24, 2.45) is 5.41 Å². The lowest BCUT2D eigenvalue weighted by atomic mass is 9.97. The van der Waals surface area contributed by atoms with Crippen LogP contribution in [0.3, 0.4) is 0 Å². The Bertz CT molecular complexity index is 220. The van der Waals surface area contributed by atoms with Gasteiger partial charge in [-0.15, -0.1) is 0 Å². The molecule has 0 N–H and O–H groups in total. The SMILES string of the molecule is CCOC(C)COC(C)COC(=O)C(C)(C)C. The highest BCUT2D eigenvalue weighted by Crippen LogP contribution is 2.15. The molecular formula is C13H26O4. The fourth-order valence-corrected chi connectivity index (χ4v) is 1.09. The van der Waals surface area contributed by atoms with Gasteiger partial charge in [0, 0.05) is 6.61 Å². The number of rotatable bonds is 7. The van der Waals surface area contributed by atoms with Crippen LogP contribution < -0.4 is 0 Å². The van der Waals surface area contributed by atoms with Gasteiger partial charge in [0.05, 0.1) is 24.2 Å². The van der Waals surface area contributed by atoms with Crippen molar-refractivity contribution in [3.05, 3.63) is 0 Å². The van der Waals surface area contributed by atoms with Crippen molar-refractivity contribution in [3.8, 4) is 0 Å². The van der Waals surface area contributed by atoms with E-state index in [1.165, 1.54) is 0 Å². The van der Waals surface area contributed by atoms with E-state index in [1.54, 1.807) is 0 Å². The third kappa shape index (κ3) is 8.16. The zero-order chi connectivity index (χ0) is 13.5. The van der Waals surface area contributed by atoms with Gasteiger partial charge < -0.3 is 14.2 Å². The number of hydrogen-bond acceptors (Lipinski definition) is 4. The quantitative estimate of drug-likeness (QED) is 0.647. The van der Waals surface area contributed by atoms with E-state index in [-0.39, 0.29) is 24.8 Å².